The van der Waals surface area contributed by atoms with Gasteiger partial charge in [-0.05, 0) is 32.1 Å². The van der Waals surface area contributed by atoms with Crippen molar-refractivity contribution in [2.45, 2.75) is 39.2 Å². The SMILES string of the molecule is CCOC(=O)NCCNC(CC)C1CC1. The van der Waals surface area contributed by atoms with Crippen LogP contribution in [-0.4, -0.2) is 31.8 Å². The highest BCUT2D eigenvalue weighted by atomic mass is 16.5. The van der Waals surface area contributed by atoms with Gasteiger partial charge in [-0.25, -0.2) is 4.79 Å². The van der Waals surface area contributed by atoms with Crippen molar-refractivity contribution in [1.29, 1.82) is 0 Å². The van der Waals surface area contributed by atoms with Crippen LogP contribution in [0.25, 0.3) is 0 Å². The van der Waals surface area contributed by atoms with Crippen LogP contribution in [0.15, 0.2) is 0 Å². The Hall–Kier alpha value is -0.770. The summed E-state index contributed by atoms with van der Waals surface area (Å²) in [6.07, 6.45) is 3.57. The molecule has 1 unspecified atom stereocenters. The Kier molecular flexibility index (Phi) is 5.47. The zero-order valence-electron chi connectivity index (χ0n) is 9.71. The molecule has 0 heterocycles. The summed E-state index contributed by atoms with van der Waals surface area (Å²) >= 11 is 0. The number of ether oxygens (including phenoxy) is 1. The fourth-order valence-electron chi connectivity index (χ4n) is 1.75. The van der Waals surface area contributed by atoms with Gasteiger partial charge in [-0.1, -0.05) is 6.92 Å². The van der Waals surface area contributed by atoms with E-state index in [1.165, 1.54) is 19.3 Å². The zero-order chi connectivity index (χ0) is 11.1. The largest absolute Gasteiger partial charge is 0.450 e. The first-order valence-electron chi connectivity index (χ1n) is 5.91. The molecule has 0 aromatic heterocycles. The average molecular weight is 214 g/mol. The van der Waals surface area contributed by atoms with Gasteiger partial charge in [0.15, 0.2) is 0 Å². The monoisotopic (exact) mass is 214 g/mol. The van der Waals surface area contributed by atoms with E-state index in [9.17, 15) is 4.79 Å². The van der Waals surface area contributed by atoms with Crippen LogP contribution in [0.4, 0.5) is 4.79 Å². The molecule has 0 aromatic rings. The maximum absolute atomic E-state index is 10.9. The lowest BCUT2D eigenvalue weighted by molar-refractivity contribution is 0.152. The quantitative estimate of drug-likeness (QED) is 0.632. The molecule has 0 spiro atoms. The second kappa shape index (κ2) is 6.67. The number of nitrogens with one attached hydrogen (secondary N) is 2. The summed E-state index contributed by atoms with van der Waals surface area (Å²) in [6.45, 7) is 5.90. The molecule has 1 aliphatic rings. The number of alkyl carbamates (subject to hydrolysis) is 1. The fourth-order valence-corrected chi connectivity index (χ4v) is 1.75. The summed E-state index contributed by atoms with van der Waals surface area (Å²) < 4.78 is 4.76. The average Bonchev–Trinajstić information content (AvgIpc) is 3.02. The van der Waals surface area contributed by atoms with Crippen molar-refractivity contribution < 1.29 is 9.53 Å². The van der Waals surface area contributed by atoms with Crippen molar-refractivity contribution >= 4 is 6.09 Å². The first-order chi connectivity index (χ1) is 7.27. The molecule has 1 amide bonds. The zero-order valence-corrected chi connectivity index (χ0v) is 9.71. The Balaban J connectivity index is 1.97. The number of hydrogen-bond donors (Lipinski definition) is 2. The lowest BCUT2D eigenvalue weighted by Crippen LogP contribution is -2.38. The number of carbonyl (C=O) groups is 1. The summed E-state index contributed by atoms with van der Waals surface area (Å²) in [7, 11) is 0. The highest BCUT2D eigenvalue weighted by Crippen LogP contribution is 2.33. The molecule has 88 valence electrons. The number of amides is 1. The molecule has 4 nitrogen and oxygen atoms in total. The molecule has 0 radical (unpaired) electrons. The third kappa shape index (κ3) is 5.02. The Morgan fingerprint density at radius 3 is 2.67 bits per heavy atom. The van der Waals surface area contributed by atoms with Crippen molar-refractivity contribution in [1.82, 2.24) is 10.6 Å². The van der Waals surface area contributed by atoms with Crippen LogP contribution < -0.4 is 10.6 Å². The van der Waals surface area contributed by atoms with Crippen LogP contribution in [0.1, 0.15) is 33.1 Å². The Morgan fingerprint density at radius 1 is 1.40 bits per heavy atom. The molecule has 1 atom stereocenters. The van der Waals surface area contributed by atoms with Crippen molar-refractivity contribution in [3.63, 3.8) is 0 Å². The van der Waals surface area contributed by atoms with Gasteiger partial charge in [0.25, 0.3) is 0 Å². The smallest absolute Gasteiger partial charge is 0.407 e. The summed E-state index contributed by atoms with van der Waals surface area (Å²) in [5.41, 5.74) is 0. The van der Waals surface area contributed by atoms with Crippen molar-refractivity contribution in [3.05, 3.63) is 0 Å². The molecule has 15 heavy (non-hydrogen) atoms. The number of rotatable bonds is 7. The van der Waals surface area contributed by atoms with E-state index in [0.717, 1.165) is 12.5 Å². The molecular weight excluding hydrogens is 192 g/mol. The Morgan fingerprint density at radius 2 is 2.13 bits per heavy atom. The Bertz CT molecular complexity index is 193. The molecule has 4 heteroatoms. The highest BCUT2D eigenvalue weighted by molar-refractivity contribution is 5.66. The van der Waals surface area contributed by atoms with Crippen LogP contribution in [0, 0.1) is 5.92 Å². The third-order valence-electron chi connectivity index (χ3n) is 2.71. The van der Waals surface area contributed by atoms with Gasteiger partial charge in [0.1, 0.15) is 0 Å². The summed E-state index contributed by atoms with van der Waals surface area (Å²) in [4.78, 5) is 10.9. The minimum atomic E-state index is -0.321. The third-order valence-corrected chi connectivity index (χ3v) is 2.71. The van der Waals surface area contributed by atoms with Crippen molar-refractivity contribution in [2.75, 3.05) is 19.7 Å². The van der Waals surface area contributed by atoms with E-state index in [0.29, 0.717) is 19.2 Å². The predicted octanol–water partition coefficient (Wildman–Crippen LogP) is 1.51. The first kappa shape index (κ1) is 12.3. The van der Waals surface area contributed by atoms with Crippen LogP contribution in [0.5, 0.6) is 0 Å². The molecule has 1 rings (SSSR count). The van der Waals surface area contributed by atoms with Crippen LogP contribution in [0.3, 0.4) is 0 Å². The molecule has 2 N–H and O–H groups in total. The normalized spacial score (nSPS) is 17.2. The maximum atomic E-state index is 10.9. The van der Waals surface area contributed by atoms with E-state index < -0.39 is 0 Å². The second-order valence-corrected chi connectivity index (χ2v) is 3.95. The van der Waals surface area contributed by atoms with E-state index in [-0.39, 0.29) is 6.09 Å². The van der Waals surface area contributed by atoms with Crippen molar-refractivity contribution in [3.8, 4) is 0 Å². The van der Waals surface area contributed by atoms with E-state index in [1.54, 1.807) is 6.92 Å². The fraction of sp³-hybridized carbons (Fsp3) is 0.909. The van der Waals surface area contributed by atoms with E-state index in [4.69, 9.17) is 4.74 Å². The Labute approximate surface area is 91.8 Å². The van der Waals surface area contributed by atoms with E-state index in [1.807, 2.05) is 0 Å². The van der Waals surface area contributed by atoms with Gasteiger partial charge in [0.2, 0.25) is 0 Å². The van der Waals surface area contributed by atoms with Crippen LogP contribution >= 0.6 is 0 Å². The number of hydrogen-bond acceptors (Lipinski definition) is 3. The number of carbonyl (C=O) groups excluding carboxylic acids is 1. The minimum Gasteiger partial charge on any atom is -0.450 e. The van der Waals surface area contributed by atoms with E-state index in [2.05, 4.69) is 17.6 Å². The standard InChI is InChI=1S/C11H22N2O2/c1-3-10(9-5-6-9)12-7-8-13-11(14)15-4-2/h9-10,12H,3-8H2,1-2H3,(H,13,14). The summed E-state index contributed by atoms with van der Waals surface area (Å²) in [5.74, 6) is 0.873. The minimum absolute atomic E-state index is 0.321. The molecule has 0 aliphatic heterocycles. The first-order valence-corrected chi connectivity index (χ1v) is 5.91. The molecule has 0 saturated heterocycles. The van der Waals surface area contributed by atoms with Crippen molar-refractivity contribution in [2.24, 2.45) is 5.92 Å². The van der Waals surface area contributed by atoms with Gasteiger partial charge >= 0.3 is 6.09 Å². The van der Waals surface area contributed by atoms with Gasteiger partial charge in [0, 0.05) is 19.1 Å². The lowest BCUT2D eigenvalue weighted by atomic mass is 10.1. The van der Waals surface area contributed by atoms with Gasteiger partial charge in [-0.15, -0.1) is 0 Å². The van der Waals surface area contributed by atoms with Gasteiger partial charge in [0.05, 0.1) is 6.61 Å². The van der Waals surface area contributed by atoms with Crippen LogP contribution in [-0.2, 0) is 4.74 Å². The topological polar surface area (TPSA) is 50.4 Å². The molecule has 1 fully saturated rings. The maximum Gasteiger partial charge on any atom is 0.407 e. The van der Waals surface area contributed by atoms with Gasteiger partial charge < -0.3 is 15.4 Å². The molecular formula is C11H22N2O2. The highest BCUT2D eigenvalue weighted by Gasteiger charge is 2.29. The summed E-state index contributed by atoms with van der Waals surface area (Å²) in [5, 5.41) is 6.16. The molecule has 1 saturated carbocycles. The van der Waals surface area contributed by atoms with Gasteiger partial charge in [-0.2, -0.15) is 0 Å². The predicted molar refractivity (Wildman–Crippen MR) is 59.8 cm³/mol. The van der Waals surface area contributed by atoms with Crippen LogP contribution in [0.2, 0.25) is 0 Å². The molecule has 0 aromatic carbocycles. The lowest BCUT2D eigenvalue weighted by Gasteiger charge is -2.16. The van der Waals surface area contributed by atoms with E-state index >= 15 is 0 Å². The molecule has 0 bridgehead atoms. The molecule has 1 aliphatic carbocycles. The summed E-state index contributed by atoms with van der Waals surface area (Å²) in [6, 6.07) is 0.633. The second-order valence-electron chi connectivity index (χ2n) is 3.95. The van der Waals surface area contributed by atoms with Gasteiger partial charge in [-0.3, -0.25) is 0 Å².